The van der Waals surface area contributed by atoms with E-state index < -0.39 is 0 Å². The zero-order chi connectivity index (χ0) is 12.5. The van der Waals surface area contributed by atoms with Gasteiger partial charge in [0.05, 0.1) is 19.6 Å². The molecule has 0 spiro atoms. The van der Waals surface area contributed by atoms with E-state index in [2.05, 4.69) is 5.32 Å². The number of amides is 1. The maximum absolute atomic E-state index is 11.3. The molecule has 0 radical (unpaired) electrons. The topological polar surface area (TPSA) is 73.6 Å². The van der Waals surface area contributed by atoms with Gasteiger partial charge in [-0.25, -0.2) is 0 Å². The fourth-order valence-corrected chi connectivity index (χ4v) is 1.21. The minimum atomic E-state index is -0.0440. The summed E-state index contributed by atoms with van der Waals surface area (Å²) in [6.45, 7) is 1.39. The second kappa shape index (κ2) is 7.51. The van der Waals surface area contributed by atoms with E-state index in [-0.39, 0.29) is 5.91 Å². The van der Waals surface area contributed by atoms with E-state index in [1.165, 1.54) is 0 Å². The summed E-state index contributed by atoms with van der Waals surface area (Å²) < 4.78 is 10.2. The van der Waals surface area contributed by atoms with E-state index in [9.17, 15) is 4.79 Å². The Morgan fingerprint density at radius 1 is 1.29 bits per heavy atom. The molecule has 5 nitrogen and oxygen atoms in total. The van der Waals surface area contributed by atoms with Crippen molar-refractivity contribution in [2.24, 2.45) is 0 Å². The quantitative estimate of drug-likeness (QED) is 0.544. The van der Waals surface area contributed by atoms with Gasteiger partial charge >= 0.3 is 0 Å². The number of ether oxygens (including phenoxy) is 2. The number of carbonyl (C=O) groups excluding carboxylic acids is 1. The molecular formula is C12H18N2O3. The highest BCUT2D eigenvalue weighted by Gasteiger charge is 2.01. The van der Waals surface area contributed by atoms with E-state index in [4.69, 9.17) is 15.2 Å². The molecule has 0 bridgehead atoms. The summed E-state index contributed by atoms with van der Waals surface area (Å²) in [5, 5.41) is 2.72. The van der Waals surface area contributed by atoms with Crippen molar-refractivity contribution >= 4 is 11.6 Å². The van der Waals surface area contributed by atoms with Crippen LogP contribution in [0.2, 0.25) is 0 Å². The standard InChI is InChI=1S/C12H18N2O3/c1-16-9-7-14-12(15)6-8-17-11-4-2-10(13)3-5-11/h2-5H,6-9,13H2,1H3,(H,14,15). The molecule has 3 N–H and O–H groups in total. The summed E-state index contributed by atoms with van der Waals surface area (Å²) in [6, 6.07) is 7.07. The summed E-state index contributed by atoms with van der Waals surface area (Å²) in [5.41, 5.74) is 6.23. The van der Waals surface area contributed by atoms with Crippen LogP contribution in [0, 0.1) is 0 Å². The first-order valence-corrected chi connectivity index (χ1v) is 5.46. The van der Waals surface area contributed by atoms with Crippen LogP contribution in [0.4, 0.5) is 5.69 Å². The number of hydrogen-bond donors (Lipinski definition) is 2. The smallest absolute Gasteiger partial charge is 0.223 e. The first-order valence-electron chi connectivity index (χ1n) is 5.46. The number of anilines is 1. The number of hydrogen-bond acceptors (Lipinski definition) is 4. The van der Waals surface area contributed by atoms with Gasteiger partial charge < -0.3 is 20.5 Å². The summed E-state index contributed by atoms with van der Waals surface area (Å²) in [4.78, 5) is 11.3. The average Bonchev–Trinajstić information content (AvgIpc) is 2.32. The van der Waals surface area contributed by atoms with Crippen molar-refractivity contribution in [3.05, 3.63) is 24.3 Å². The third kappa shape index (κ3) is 5.77. The average molecular weight is 238 g/mol. The lowest BCUT2D eigenvalue weighted by Gasteiger charge is -2.07. The third-order valence-corrected chi connectivity index (χ3v) is 2.11. The maximum atomic E-state index is 11.3. The van der Waals surface area contributed by atoms with Crippen LogP contribution >= 0.6 is 0 Å². The van der Waals surface area contributed by atoms with E-state index >= 15 is 0 Å². The molecule has 1 rings (SSSR count). The Bertz CT molecular complexity index is 338. The molecule has 0 fully saturated rings. The Morgan fingerprint density at radius 2 is 2.00 bits per heavy atom. The summed E-state index contributed by atoms with van der Waals surface area (Å²) >= 11 is 0. The molecular weight excluding hydrogens is 220 g/mol. The van der Waals surface area contributed by atoms with E-state index in [1.54, 1.807) is 31.4 Å². The van der Waals surface area contributed by atoms with Gasteiger partial charge in [0.2, 0.25) is 5.91 Å². The highest BCUT2D eigenvalue weighted by Crippen LogP contribution is 2.12. The minimum absolute atomic E-state index is 0.0440. The molecule has 1 amide bonds. The molecule has 0 saturated carbocycles. The highest BCUT2D eigenvalue weighted by molar-refractivity contribution is 5.75. The predicted molar refractivity (Wildman–Crippen MR) is 65.9 cm³/mol. The van der Waals surface area contributed by atoms with Gasteiger partial charge in [-0.05, 0) is 24.3 Å². The molecule has 0 aromatic heterocycles. The molecule has 1 aromatic carbocycles. The van der Waals surface area contributed by atoms with Crippen LogP contribution in [0.5, 0.6) is 5.75 Å². The van der Waals surface area contributed by atoms with Crippen LogP contribution in [0.1, 0.15) is 6.42 Å². The molecule has 5 heteroatoms. The normalized spacial score (nSPS) is 9.94. The van der Waals surface area contributed by atoms with Crippen LogP contribution in [-0.2, 0) is 9.53 Å². The zero-order valence-electron chi connectivity index (χ0n) is 9.94. The predicted octanol–water partition coefficient (Wildman–Crippen LogP) is 0.800. The van der Waals surface area contributed by atoms with Gasteiger partial charge in [-0.15, -0.1) is 0 Å². The molecule has 0 atom stereocenters. The van der Waals surface area contributed by atoms with Gasteiger partial charge in [0.25, 0.3) is 0 Å². The number of nitrogens with two attached hydrogens (primary N) is 1. The van der Waals surface area contributed by atoms with E-state index in [1.807, 2.05) is 0 Å². The summed E-state index contributed by atoms with van der Waals surface area (Å²) in [6.07, 6.45) is 0.327. The van der Waals surface area contributed by atoms with Crippen molar-refractivity contribution in [2.75, 3.05) is 32.6 Å². The van der Waals surface area contributed by atoms with Crippen LogP contribution in [0.15, 0.2) is 24.3 Å². The number of rotatable bonds is 7. The fourth-order valence-electron chi connectivity index (χ4n) is 1.21. The third-order valence-electron chi connectivity index (χ3n) is 2.11. The van der Waals surface area contributed by atoms with E-state index in [0.717, 1.165) is 0 Å². The Kier molecular flexibility index (Phi) is 5.88. The number of nitrogen functional groups attached to an aromatic ring is 1. The lowest BCUT2D eigenvalue weighted by molar-refractivity contribution is -0.121. The van der Waals surface area contributed by atoms with Crippen molar-refractivity contribution in [3.8, 4) is 5.75 Å². The lowest BCUT2D eigenvalue weighted by Crippen LogP contribution is -2.28. The number of nitrogens with one attached hydrogen (secondary N) is 1. The maximum Gasteiger partial charge on any atom is 0.223 e. The SMILES string of the molecule is COCCNC(=O)CCOc1ccc(N)cc1. The summed E-state index contributed by atoms with van der Waals surface area (Å²) in [5.74, 6) is 0.668. The van der Waals surface area contributed by atoms with Gasteiger partial charge in [0, 0.05) is 19.3 Å². The Morgan fingerprint density at radius 3 is 2.65 bits per heavy atom. The van der Waals surface area contributed by atoms with Crippen molar-refractivity contribution in [3.63, 3.8) is 0 Å². The largest absolute Gasteiger partial charge is 0.493 e. The van der Waals surface area contributed by atoms with Crippen molar-refractivity contribution in [1.82, 2.24) is 5.32 Å². The molecule has 0 saturated heterocycles. The first kappa shape index (κ1) is 13.3. The fraction of sp³-hybridized carbons (Fsp3) is 0.417. The van der Waals surface area contributed by atoms with Gasteiger partial charge in [-0.1, -0.05) is 0 Å². The van der Waals surface area contributed by atoms with Crippen molar-refractivity contribution in [2.45, 2.75) is 6.42 Å². The monoisotopic (exact) mass is 238 g/mol. The van der Waals surface area contributed by atoms with Crippen molar-refractivity contribution in [1.29, 1.82) is 0 Å². The Hall–Kier alpha value is -1.75. The number of methoxy groups -OCH3 is 1. The summed E-state index contributed by atoms with van der Waals surface area (Å²) in [7, 11) is 1.59. The van der Waals surface area contributed by atoms with Gasteiger partial charge in [-0.3, -0.25) is 4.79 Å². The number of carbonyl (C=O) groups is 1. The van der Waals surface area contributed by atoms with Gasteiger partial charge in [0.1, 0.15) is 5.75 Å². The first-order chi connectivity index (χ1) is 8.22. The van der Waals surface area contributed by atoms with Crippen LogP contribution in [0.25, 0.3) is 0 Å². The zero-order valence-corrected chi connectivity index (χ0v) is 9.94. The lowest BCUT2D eigenvalue weighted by atomic mass is 10.3. The molecule has 0 aliphatic heterocycles. The second-order valence-electron chi connectivity index (χ2n) is 3.51. The Balaban J connectivity index is 2.14. The second-order valence-corrected chi connectivity index (χ2v) is 3.51. The molecule has 1 aromatic rings. The molecule has 0 unspecified atom stereocenters. The van der Waals surface area contributed by atoms with E-state index in [0.29, 0.717) is 37.6 Å². The van der Waals surface area contributed by atoms with Gasteiger partial charge in [-0.2, -0.15) is 0 Å². The van der Waals surface area contributed by atoms with Crippen LogP contribution in [0.3, 0.4) is 0 Å². The molecule has 0 heterocycles. The molecule has 0 aliphatic rings. The number of benzene rings is 1. The molecule has 94 valence electrons. The molecule has 17 heavy (non-hydrogen) atoms. The Labute approximate surface area is 101 Å². The van der Waals surface area contributed by atoms with Gasteiger partial charge in [0.15, 0.2) is 0 Å². The minimum Gasteiger partial charge on any atom is -0.493 e. The molecule has 0 aliphatic carbocycles. The van der Waals surface area contributed by atoms with Crippen LogP contribution < -0.4 is 15.8 Å². The van der Waals surface area contributed by atoms with Crippen LogP contribution in [-0.4, -0.2) is 32.8 Å². The van der Waals surface area contributed by atoms with Crippen molar-refractivity contribution < 1.29 is 14.3 Å². The highest BCUT2D eigenvalue weighted by atomic mass is 16.5.